The molecule has 3 rings (SSSR count). The second-order valence-electron chi connectivity index (χ2n) is 4.61. The Morgan fingerprint density at radius 3 is 2.70 bits per heavy atom. The minimum Gasteiger partial charge on any atom is -0.508 e. The Bertz CT molecular complexity index is 789. The molecule has 0 aliphatic rings. The molecule has 0 bridgehead atoms. The molecule has 0 radical (unpaired) electrons. The van der Waals surface area contributed by atoms with Crippen LogP contribution in [0.15, 0.2) is 42.5 Å². The summed E-state index contributed by atoms with van der Waals surface area (Å²) in [5.41, 5.74) is 1.79. The van der Waals surface area contributed by atoms with Gasteiger partial charge in [-0.1, -0.05) is 18.2 Å². The van der Waals surface area contributed by atoms with Gasteiger partial charge in [-0.05, 0) is 25.1 Å². The highest BCUT2D eigenvalue weighted by molar-refractivity contribution is 6.08. The summed E-state index contributed by atoms with van der Waals surface area (Å²) in [7, 11) is 0. The van der Waals surface area contributed by atoms with Crippen LogP contribution in [0.3, 0.4) is 0 Å². The molecule has 0 amide bonds. The van der Waals surface area contributed by atoms with E-state index in [1.165, 1.54) is 0 Å². The largest absolute Gasteiger partial charge is 0.508 e. The van der Waals surface area contributed by atoms with Crippen molar-refractivity contribution >= 4 is 27.8 Å². The number of carbonyl (C=O) groups excluding carboxylic acids is 1. The lowest BCUT2D eigenvalue weighted by Gasteiger charge is -2.07. The van der Waals surface area contributed by atoms with Crippen LogP contribution in [0.1, 0.15) is 6.92 Å². The zero-order valence-electron chi connectivity index (χ0n) is 11.2. The Hall–Kier alpha value is -2.49. The summed E-state index contributed by atoms with van der Waals surface area (Å²) in [6.07, 6.45) is 0. The fraction of sp³-hybridized carbons (Fsp3) is 0.188. The van der Waals surface area contributed by atoms with Crippen LogP contribution in [0, 0.1) is 0 Å². The van der Waals surface area contributed by atoms with Crippen molar-refractivity contribution in [3.63, 3.8) is 0 Å². The molecule has 4 heteroatoms. The van der Waals surface area contributed by atoms with Gasteiger partial charge in [0.2, 0.25) is 0 Å². The summed E-state index contributed by atoms with van der Waals surface area (Å²) in [5, 5.41) is 11.8. The Balaban J connectivity index is 2.25. The van der Waals surface area contributed by atoms with Gasteiger partial charge < -0.3 is 14.4 Å². The quantitative estimate of drug-likeness (QED) is 0.743. The van der Waals surface area contributed by atoms with Gasteiger partial charge in [-0.2, -0.15) is 0 Å². The number of fused-ring (bicyclic) bond motifs is 3. The summed E-state index contributed by atoms with van der Waals surface area (Å²) in [6, 6.07) is 13.1. The Labute approximate surface area is 116 Å². The highest BCUT2D eigenvalue weighted by atomic mass is 16.5. The highest BCUT2D eigenvalue weighted by Gasteiger charge is 2.13. The van der Waals surface area contributed by atoms with E-state index in [0.717, 1.165) is 21.8 Å². The number of hydrogen-bond acceptors (Lipinski definition) is 3. The summed E-state index contributed by atoms with van der Waals surface area (Å²) in [4.78, 5) is 11.8. The van der Waals surface area contributed by atoms with Crippen molar-refractivity contribution < 1.29 is 14.6 Å². The Morgan fingerprint density at radius 2 is 1.90 bits per heavy atom. The van der Waals surface area contributed by atoms with Gasteiger partial charge in [0.05, 0.1) is 12.1 Å². The maximum atomic E-state index is 11.8. The van der Waals surface area contributed by atoms with Crippen LogP contribution in [-0.2, 0) is 16.1 Å². The summed E-state index contributed by atoms with van der Waals surface area (Å²) in [5.74, 6) is -0.0936. The molecule has 0 fully saturated rings. The van der Waals surface area contributed by atoms with Crippen molar-refractivity contribution in [3.8, 4) is 5.75 Å². The summed E-state index contributed by atoms with van der Waals surface area (Å²) >= 11 is 0. The maximum absolute atomic E-state index is 11.8. The van der Waals surface area contributed by atoms with E-state index in [9.17, 15) is 9.90 Å². The SMILES string of the molecule is CCOC(=O)Cn1c2ccccc2c2ccc(O)cc21. The number of aromatic nitrogens is 1. The Kier molecular flexibility index (Phi) is 3.06. The van der Waals surface area contributed by atoms with E-state index in [0.29, 0.717) is 6.61 Å². The lowest BCUT2D eigenvalue weighted by Crippen LogP contribution is -2.13. The fourth-order valence-corrected chi connectivity index (χ4v) is 2.54. The number of aromatic hydroxyl groups is 1. The van der Waals surface area contributed by atoms with Crippen LogP contribution in [-0.4, -0.2) is 22.2 Å². The average molecular weight is 269 g/mol. The molecule has 20 heavy (non-hydrogen) atoms. The second kappa shape index (κ2) is 4.89. The van der Waals surface area contributed by atoms with E-state index in [1.807, 2.05) is 34.9 Å². The summed E-state index contributed by atoms with van der Waals surface area (Å²) < 4.78 is 6.90. The van der Waals surface area contributed by atoms with Gasteiger partial charge in [0, 0.05) is 22.4 Å². The topological polar surface area (TPSA) is 51.5 Å². The predicted molar refractivity (Wildman–Crippen MR) is 77.7 cm³/mol. The summed E-state index contributed by atoms with van der Waals surface area (Å²) in [6.45, 7) is 2.29. The molecular formula is C16H15NO3. The van der Waals surface area contributed by atoms with E-state index < -0.39 is 0 Å². The number of carbonyl (C=O) groups is 1. The zero-order valence-corrected chi connectivity index (χ0v) is 11.2. The number of benzene rings is 2. The third kappa shape index (κ3) is 1.99. The van der Waals surface area contributed by atoms with Crippen LogP contribution in [0.4, 0.5) is 0 Å². The fourth-order valence-electron chi connectivity index (χ4n) is 2.54. The van der Waals surface area contributed by atoms with E-state index in [1.54, 1.807) is 19.1 Å². The third-order valence-electron chi connectivity index (χ3n) is 3.35. The number of phenols is 1. The first kappa shape index (κ1) is 12.5. The molecule has 0 aliphatic heterocycles. The van der Waals surface area contributed by atoms with Gasteiger partial charge in [0.1, 0.15) is 12.3 Å². The molecule has 0 aliphatic carbocycles. The number of para-hydroxylation sites is 1. The van der Waals surface area contributed by atoms with E-state index in [2.05, 4.69) is 0 Å². The van der Waals surface area contributed by atoms with Gasteiger partial charge in [-0.25, -0.2) is 0 Å². The van der Waals surface area contributed by atoms with Gasteiger partial charge in [0.25, 0.3) is 0 Å². The van der Waals surface area contributed by atoms with Crippen LogP contribution < -0.4 is 0 Å². The van der Waals surface area contributed by atoms with E-state index in [4.69, 9.17) is 4.74 Å². The Morgan fingerprint density at radius 1 is 1.15 bits per heavy atom. The van der Waals surface area contributed by atoms with E-state index in [-0.39, 0.29) is 18.3 Å². The molecule has 0 spiro atoms. The molecule has 1 heterocycles. The number of nitrogens with zero attached hydrogens (tertiary/aromatic N) is 1. The van der Waals surface area contributed by atoms with Gasteiger partial charge in [-0.15, -0.1) is 0 Å². The maximum Gasteiger partial charge on any atom is 0.325 e. The minimum atomic E-state index is -0.279. The van der Waals surface area contributed by atoms with Crippen molar-refractivity contribution in [1.29, 1.82) is 0 Å². The van der Waals surface area contributed by atoms with Crippen molar-refractivity contribution in [1.82, 2.24) is 4.57 Å². The van der Waals surface area contributed by atoms with Crippen molar-refractivity contribution in [2.24, 2.45) is 0 Å². The van der Waals surface area contributed by atoms with Crippen LogP contribution in [0.2, 0.25) is 0 Å². The van der Waals surface area contributed by atoms with E-state index >= 15 is 0 Å². The number of rotatable bonds is 3. The van der Waals surface area contributed by atoms with Crippen molar-refractivity contribution in [2.45, 2.75) is 13.5 Å². The number of ether oxygens (including phenoxy) is 1. The van der Waals surface area contributed by atoms with Crippen LogP contribution in [0.5, 0.6) is 5.75 Å². The molecule has 4 nitrogen and oxygen atoms in total. The molecular weight excluding hydrogens is 254 g/mol. The molecule has 0 unspecified atom stereocenters. The smallest absolute Gasteiger partial charge is 0.325 e. The molecule has 0 saturated carbocycles. The normalized spacial score (nSPS) is 11.1. The first-order valence-electron chi connectivity index (χ1n) is 6.56. The van der Waals surface area contributed by atoms with Crippen LogP contribution in [0.25, 0.3) is 21.8 Å². The van der Waals surface area contributed by atoms with Crippen molar-refractivity contribution in [2.75, 3.05) is 6.61 Å². The number of esters is 1. The molecule has 102 valence electrons. The first-order valence-corrected chi connectivity index (χ1v) is 6.56. The molecule has 3 aromatic rings. The van der Waals surface area contributed by atoms with Crippen LogP contribution >= 0.6 is 0 Å². The lowest BCUT2D eigenvalue weighted by atomic mass is 10.1. The zero-order chi connectivity index (χ0) is 14.1. The molecule has 0 saturated heterocycles. The minimum absolute atomic E-state index is 0.140. The predicted octanol–water partition coefficient (Wildman–Crippen LogP) is 3.06. The highest BCUT2D eigenvalue weighted by Crippen LogP contribution is 2.31. The first-order chi connectivity index (χ1) is 9.70. The molecule has 0 atom stereocenters. The van der Waals surface area contributed by atoms with Gasteiger partial charge in [0.15, 0.2) is 0 Å². The second-order valence-corrected chi connectivity index (χ2v) is 4.61. The third-order valence-corrected chi connectivity index (χ3v) is 3.35. The number of hydrogen-bond donors (Lipinski definition) is 1. The number of phenolic OH excluding ortho intramolecular Hbond substituents is 1. The van der Waals surface area contributed by atoms with Crippen molar-refractivity contribution in [3.05, 3.63) is 42.5 Å². The standard InChI is InChI=1S/C16H15NO3/c1-2-20-16(19)10-17-14-6-4-3-5-12(14)13-8-7-11(18)9-15(13)17/h3-9,18H,2,10H2,1H3. The van der Waals surface area contributed by atoms with Gasteiger partial charge >= 0.3 is 5.97 Å². The van der Waals surface area contributed by atoms with Gasteiger partial charge in [-0.3, -0.25) is 4.79 Å². The monoisotopic (exact) mass is 269 g/mol. The molecule has 2 aromatic carbocycles. The average Bonchev–Trinajstić information content (AvgIpc) is 2.73. The molecule has 1 N–H and O–H groups in total. The lowest BCUT2D eigenvalue weighted by molar-refractivity contribution is -0.143. The molecule has 1 aromatic heterocycles.